The third-order valence-corrected chi connectivity index (χ3v) is 7.17. The van der Waals surface area contributed by atoms with Gasteiger partial charge in [0.15, 0.2) is 0 Å². The van der Waals surface area contributed by atoms with E-state index in [1.807, 2.05) is 32.9 Å². The van der Waals surface area contributed by atoms with Gasteiger partial charge in [-0.1, -0.05) is 57.4 Å². The van der Waals surface area contributed by atoms with Gasteiger partial charge in [-0.3, -0.25) is 4.79 Å². The zero-order valence-corrected chi connectivity index (χ0v) is 20.9. The first kappa shape index (κ1) is 22.2. The van der Waals surface area contributed by atoms with Crippen LogP contribution < -0.4 is 5.32 Å². The Morgan fingerprint density at radius 1 is 0.812 bits per heavy atom. The smallest absolute Gasteiger partial charge is 0.256 e. The number of carbonyl (C=O) groups is 1. The summed E-state index contributed by atoms with van der Waals surface area (Å²) in [5.74, 6) is -0.116. The van der Waals surface area contributed by atoms with Crippen LogP contribution in [-0.4, -0.2) is 10.9 Å². The van der Waals surface area contributed by atoms with E-state index in [1.165, 1.54) is 5.56 Å². The van der Waals surface area contributed by atoms with Crippen molar-refractivity contribution in [1.29, 1.82) is 0 Å². The molecule has 0 saturated carbocycles. The maximum Gasteiger partial charge on any atom is 0.256 e. The van der Waals surface area contributed by atoms with Gasteiger partial charge in [-0.05, 0) is 82.0 Å². The lowest BCUT2D eigenvalue weighted by atomic mass is 9.94. The molecular weight excluding hydrogens is 460 g/mol. The minimum atomic E-state index is -0.116. The predicted molar refractivity (Wildman–Crippen MR) is 138 cm³/mol. The molecule has 1 heterocycles. The van der Waals surface area contributed by atoms with Gasteiger partial charge in [0, 0.05) is 21.1 Å². The molecule has 0 unspecified atom stereocenters. The van der Waals surface area contributed by atoms with Crippen LogP contribution in [0.4, 0.5) is 5.69 Å². The highest BCUT2D eigenvalue weighted by atomic mass is 79.9. The highest BCUT2D eigenvalue weighted by molar-refractivity contribution is 9.10. The van der Waals surface area contributed by atoms with Gasteiger partial charge in [0.2, 0.25) is 0 Å². The lowest BCUT2D eigenvalue weighted by Crippen LogP contribution is -2.16. The molecular formula is C28H27BrN2O. The minimum Gasteiger partial charge on any atom is -0.322 e. The molecule has 1 N–H and O–H groups in total. The van der Waals surface area contributed by atoms with Crippen LogP contribution >= 0.6 is 15.9 Å². The van der Waals surface area contributed by atoms with Gasteiger partial charge in [-0.15, -0.1) is 0 Å². The van der Waals surface area contributed by atoms with E-state index >= 15 is 0 Å². The van der Waals surface area contributed by atoms with Crippen LogP contribution in [0, 0.1) is 41.5 Å². The van der Waals surface area contributed by atoms with Crippen molar-refractivity contribution in [3.05, 3.63) is 91.9 Å². The largest absolute Gasteiger partial charge is 0.322 e. The highest BCUT2D eigenvalue weighted by Crippen LogP contribution is 2.33. The second-order valence-corrected chi connectivity index (χ2v) is 9.48. The quantitative estimate of drug-likeness (QED) is 0.321. The summed E-state index contributed by atoms with van der Waals surface area (Å²) in [7, 11) is 0. The van der Waals surface area contributed by atoms with Crippen molar-refractivity contribution in [1.82, 2.24) is 4.98 Å². The van der Waals surface area contributed by atoms with E-state index in [4.69, 9.17) is 4.98 Å². The summed E-state index contributed by atoms with van der Waals surface area (Å²) in [5.41, 5.74) is 10.6. The van der Waals surface area contributed by atoms with Gasteiger partial charge in [0.25, 0.3) is 5.91 Å². The SMILES string of the molecule is Cc1ccc(-c2nc3c(C)cc(C)cc3c(C(=O)Nc3cc(C)c(Br)c(C)c3)c2C)cc1. The number of aromatic nitrogens is 1. The van der Waals surface area contributed by atoms with Gasteiger partial charge in [-0.2, -0.15) is 0 Å². The van der Waals surface area contributed by atoms with Gasteiger partial charge in [0.1, 0.15) is 0 Å². The normalized spacial score (nSPS) is 11.1. The second kappa shape index (κ2) is 8.51. The Kier molecular flexibility index (Phi) is 5.91. The number of halogens is 1. The summed E-state index contributed by atoms with van der Waals surface area (Å²) >= 11 is 3.60. The fourth-order valence-electron chi connectivity index (χ4n) is 4.31. The topological polar surface area (TPSA) is 42.0 Å². The molecule has 162 valence electrons. The molecule has 1 amide bonds. The standard InChI is InChI=1S/C28H27BrN2O/c1-15-7-9-21(10-8-15)27-20(6)24(23-12-16(2)11-19(5)26(23)31-27)28(32)30-22-13-17(3)25(29)18(4)14-22/h7-14H,1-6H3,(H,30,32). The number of nitrogens with one attached hydrogen (secondary N) is 1. The van der Waals surface area contributed by atoms with Crippen LogP contribution in [0.5, 0.6) is 0 Å². The van der Waals surface area contributed by atoms with Crippen LogP contribution in [0.1, 0.15) is 43.7 Å². The van der Waals surface area contributed by atoms with E-state index in [0.29, 0.717) is 5.56 Å². The molecule has 0 aliphatic carbocycles. The molecule has 1 aromatic heterocycles. The molecule has 4 aromatic rings. The number of carbonyl (C=O) groups excluding carboxylic acids is 1. The Labute approximate surface area is 198 Å². The Morgan fingerprint density at radius 3 is 2.06 bits per heavy atom. The number of hydrogen-bond donors (Lipinski definition) is 1. The van der Waals surface area contributed by atoms with Gasteiger partial charge >= 0.3 is 0 Å². The molecule has 3 nitrogen and oxygen atoms in total. The summed E-state index contributed by atoms with van der Waals surface area (Å²) in [6.45, 7) is 12.2. The molecule has 0 radical (unpaired) electrons. The van der Waals surface area contributed by atoms with Gasteiger partial charge < -0.3 is 5.32 Å². The van der Waals surface area contributed by atoms with E-state index in [2.05, 4.69) is 78.4 Å². The fourth-order valence-corrected chi connectivity index (χ4v) is 4.54. The van der Waals surface area contributed by atoms with Crippen LogP contribution in [0.3, 0.4) is 0 Å². The number of nitrogens with zero attached hydrogens (tertiary/aromatic N) is 1. The summed E-state index contributed by atoms with van der Waals surface area (Å²) in [5, 5.41) is 4.03. The molecule has 0 fully saturated rings. The Morgan fingerprint density at radius 2 is 1.44 bits per heavy atom. The maximum absolute atomic E-state index is 13.7. The third-order valence-electron chi connectivity index (χ3n) is 5.91. The number of pyridine rings is 1. The molecule has 4 heteroatoms. The first-order chi connectivity index (χ1) is 15.2. The zero-order valence-electron chi connectivity index (χ0n) is 19.4. The van der Waals surface area contributed by atoms with Crippen LogP contribution in [0.25, 0.3) is 22.2 Å². The van der Waals surface area contributed by atoms with Crippen molar-refractivity contribution in [3.8, 4) is 11.3 Å². The maximum atomic E-state index is 13.7. The van der Waals surface area contributed by atoms with Gasteiger partial charge in [-0.25, -0.2) is 4.98 Å². The van der Waals surface area contributed by atoms with E-state index in [9.17, 15) is 4.79 Å². The summed E-state index contributed by atoms with van der Waals surface area (Å²) in [4.78, 5) is 18.7. The fraction of sp³-hybridized carbons (Fsp3) is 0.214. The monoisotopic (exact) mass is 486 g/mol. The first-order valence-electron chi connectivity index (χ1n) is 10.7. The molecule has 0 saturated heterocycles. The minimum absolute atomic E-state index is 0.116. The summed E-state index contributed by atoms with van der Waals surface area (Å²) in [6.07, 6.45) is 0. The molecule has 0 aliphatic rings. The number of fused-ring (bicyclic) bond motifs is 1. The summed E-state index contributed by atoms with van der Waals surface area (Å²) < 4.78 is 1.06. The number of amides is 1. The van der Waals surface area contributed by atoms with E-state index in [-0.39, 0.29) is 5.91 Å². The highest BCUT2D eigenvalue weighted by Gasteiger charge is 2.21. The first-order valence-corrected chi connectivity index (χ1v) is 11.5. The Balaban J connectivity index is 1.93. The lowest BCUT2D eigenvalue weighted by Gasteiger charge is -2.17. The van der Waals surface area contributed by atoms with E-state index < -0.39 is 0 Å². The van der Waals surface area contributed by atoms with Crippen LogP contribution in [0.2, 0.25) is 0 Å². The van der Waals surface area contributed by atoms with Crippen LogP contribution in [-0.2, 0) is 0 Å². The summed E-state index contributed by atoms with van der Waals surface area (Å²) in [6, 6.07) is 16.5. The molecule has 0 atom stereocenters. The van der Waals surface area contributed by atoms with Crippen molar-refractivity contribution in [3.63, 3.8) is 0 Å². The number of benzene rings is 3. The number of rotatable bonds is 3. The number of anilines is 1. The zero-order chi connectivity index (χ0) is 23.2. The van der Waals surface area contributed by atoms with Crippen molar-refractivity contribution in [2.45, 2.75) is 41.5 Å². The van der Waals surface area contributed by atoms with Crippen molar-refractivity contribution in [2.75, 3.05) is 5.32 Å². The van der Waals surface area contributed by atoms with E-state index in [0.717, 1.165) is 60.1 Å². The van der Waals surface area contributed by atoms with Crippen molar-refractivity contribution >= 4 is 38.4 Å². The van der Waals surface area contributed by atoms with E-state index in [1.54, 1.807) is 0 Å². The predicted octanol–water partition coefficient (Wildman–Crippen LogP) is 7.77. The Bertz CT molecular complexity index is 1350. The average Bonchev–Trinajstić information content (AvgIpc) is 2.72. The number of aryl methyl sites for hydroxylation is 5. The van der Waals surface area contributed by atoms with Crippen molar-refractivity contribution < 1.29 is 4.79 Å². The average molecular weight is 487 g/mol. The van der Waals surface area contributed by atoms with Crippen molar-refractivity contribution in [2.24, 2.45) is 0 Å². The Hall–Kier alpha value is -2.98. The molecule has 32 heavy (non-hydrogen) atoms. The van der Waals surface area contributed by atoms with Gasteiger partial charge in [0.05, 0.1) is 16.8 Å². The third kappa shape index (κ3) is 4.07. The molecule has 3 aromatic carbocycles. The second-order valence-electron chi connectivity index (χ2n) is 8.68. The molecule has 4 rings (SSSR count). The molecule has 0 spiro atoms. The number of hydrogen-bond acceptors (Lipinski definition) is 2. The lowest BCUT2D eigenvalue weighted by molar-refractivity contribution is 0.102. The molecule has 0 aliphatic heterocycles. The van der Waals surface area contributed by atoms with Crippen LogP contribution in [0.15, 0.2) is 53.0 Å². The molecule has 0 bridgehead atoms.